The normalized spacial score (nSPS) is 18.9. The summed E-state index contributed by atoms with van der Waals surface area (Å²) in [5.74, 6) is 1.43. The van der Waals surface area contributed by atoms with Gasteiger partial charge in [-0.2, -0.15) is 11.8 Å². The third-order valence-corrected chi connectivity index (χ3v) is 3.51. The first-order valence-corrected chi connectivity index (χ1v) is 6.86. The van der Waals surface area contributed by atoms with Gasteiger partial charge in [0.15, 0.2) is 5.84 Å². The number of rotatable bonds is 6. The monoisotopic (exact) mass is 231 g/mol. The van der Waals surface area contributed by atoms with Gasteiger partial charge in [0.05, 0.1) is 6.54 Å². The van der Waals surface area contributed by atoms with Crippen molar-refractivity contribution >= 4 is 17.6 Å². The summed E-state index contributed by atoms with van der Waals surface area (Å²) in [5, 5.41) is 11.6. The van der Waals surface area contributed by atoms with Gasteiger partial charge in [-0.05, 0) is 19.1 Å². The summed E-state index contributed by atoms with van der Waals surface area (Å²) >= 11 is 1.84. The number of amidine groups is 1. The fourth-order valence-corrected chi connectivity index (χ4v) is 2.53. The summed E-state index contributed by atoms with van der Waals surface area (Å²) in [7, 11) is 0. The molecular weight excluding hydrogens is 210 g/mol. The highest BCUT2D eigenvalue weighted by molar-refractivity contribution is 7.98. The van der Waals surface area contributed by atoms with Gasteiger partial charge in [0.1, 0.15) is 0 Å². The minimum absolute atomic E-state index is 0.322. The van der Waals surface area contributed by atoms with E-state index in [2.05, 4.69) is 16.3 Å². The van der Waals surface area contributed by atoms with Crippen molar-refractivity contribution in [3.05, 3.63) is 0 Å². The molecule has 1 saturated carbocycles. The molecule has 0 heterocycles. The number of oxime groups is 1. The summed E-state index contributed by atoms with van der Waals surface area (Å²) in [6.07, 6.45) is 7.25. The number of nitrogens with zero attached hydrogens (tertiary/aromatic N) is 2. The number of hydrogen-bond donors (Lipinski definition) is 2. The fourth-order valence-electron chi connectivity index (χ4n) is 2.11. The van der Waals surface area contributed by atoms with E-state index in [1.807, 2.05) is 11.8 Å². The Hall–Kier alpha value is -0.420. The molecule has 88 valence electrons. The molecule has 1 rings (SSSR count). The average molecular weight is 231 g/mol. The summed E-state index contributed by atoms with van der Waals surface area (Å²) in [6.45, 7) is 1.63. The minimum atomic E-state index is 0.322. The summed E-state index contributed by atoms with van der Waals surface area (Å²) < 4.78 is 0. The summed E-state index contributed by atoms with van der Waals surface area (Å²) in [4.78, 5) is 2.35. The van der Waals surface area contributed by atoms with Gasteiger partial charge in [0.2, 0.25) is 0 Å². The minimum Gasteiger partial charge on any atom is -0.409 e. The molecular formula is C10H21N3OS. The Labute approximate surface area is 95.9 Å². The summed E-state index contributed by atoms with van der Waals surface area (Å²) in [5.41, 5.74) is 5.56. The maximum atomic E-state index is 8.58. The van der Waals surface area contributed by atoms with Gasteiger partial charge < -0.3 is 10.9 Å². The predicted molar refractivity (Wildman–Crippen MR) is 65.6 cm³/mol. The zero-order chi connectivity index (χ0) is 11.1. The molecule has 0 unspecified atom stereocenters. The Balaban J connectivity index is 2.43. The van der Waals surface area contributed by atoms with Crippen molar-refractivity contribution in [2.24, 2.45) is 10.9 Å². The van der Waals surface area contributed by atoms with E-state index < -0.39 is 0 Å². The van der Waals surface area contributed by atoms with Crippen LogP contribution >= 0.6 is 11.8 Å². The molecule has 0 atom stereocenters. The van der Waals surface area contributed by atoms with Gasteiger partial charge in [-0.25, -0.2) is 0 Å². The van der Waals surface area contributed by atoms with Crippen molar-refractivity contribution in [1.82, 2.24) is 4.90 Å². The molecule has 0 saturated heterocycles. The van der Waals surface area contributed by atoms with Crippen LogP contribution in [0.5, 0.6) is 0 Å². The number of hydrogen-bond acceptors (Lipinski definition) is 4. The van der Waals surface area contributed by atoms with Crippen LogP contribution in [-0.2, 0) is 0 Å². The molecule has 0 bridgehead atoms. The maximum Gasteiger partial charge on any atom is 0.153 e. The number of nitrogens with two attached hydrogens (primary N) is 1. The van der Waals surface area contributed by atoms with Crippen molar-refractivity contribution < 1.29 is 5.21 Å². The van der Waals surface area contributed by atoms with E-state index in [1.54, 1.807) is 0 Å². The van der Waals surface area contributed by atoms with Crippen LogP contribution in [0, 0.1) is 0 Å². The molecule has 1 fully saturated rings. The highest BCUT2D eigenvalue weighted by Gasteiger charge is 2.22. The topological polar surface area (TPSA) is 61.8 Å². The van der Waals surface area contributed by atoms with Crippen LogP contribution in [0.1, 0.15) is 25.7 Å². The standard InChI is InChI=1S/C10H21N3OS/c1-15-7-6-13(8-10(11)12-14)9-4-2-3-5-9/h9,14H,2-8H2,1H3,(H2,11,12). The molecule has 0 aromatic heterocycles. The van der Waals surface area contributed by atoms with Gasteiger partial charge in [-0.15, -0.1) is 0 Å². The second-order valence-corrected chi connectivity index (χ2v) is 4.98. The summed E-state index contributed by atoms with van der Waals surface area (Å²) in [6, 6.07) is 0.637. The molecule has 0 aromatic rings. The fraction of sp³-hybridized carbons (Fsp3) is 0.900. The van der Waals surface area contributed by atoms with Crippen molar-refractivity contribution in [3.8, 4) is 0 Å². The van der Waals surface area contributed by atoms with E-state index in [0.717, 1.165) is 12.3 Å². The van der Waals surface area contributed by atoms with Gasteiger partial charge in [-0.3, -0.25) is 4.90 Å². The maximum absolute atomic E-state index is 8.58. The van der Waals surface area contributed by atoms with Crippen molar-refractivity contribution in [2.45, 2.75) is 31.7 Å². The second-order valence-electron chi connectivity index (χ2n) is 3.99. The van der Waals surface area contributed by atoms with Gasteiger partial charge in [-0.1, -0.05) is 18.0 Å². The van der Waals surface area contributed by atoms with Crippen LogP contribution < -0.4 is 5.73 Å². The lowest BCUT2D eigenvalue weighted by molar-refractivity contribution is 0.235. The van der Waals surface area contributed by atoms with E-state index in [1.165, 1.54) is 25.7 Å². The zero-order valence-electron chi connectivity index (χ0n) is 9.35. The van der Waals surface area contributed by atoms with Gasteiger partial charge in [0.25, 0.3) is 0 Å². The van der Waals surface area contributed by atoms with Crippen LogP contribution in [0.4, 0.5) is 0 Å². The van der Waals surface area contributed by atoms with Gasteiger partial charge >= 0.3 is 0 Å². The SMILES string of the molecule is CSCCN(CC(N)=NO)C1CCCC1. The third kappa shape index (κ3) is 4.30. The van der Waals surface area contributed by atoms with E-state index in [0.29, 0.717) is 18.4 Å². The second kappa shape index (κ2) is 6.95. The van der Waals surface area contributed by atoms with Crippen LogP contribution in [0.15, 0.2) is 5.16 Å². The van der Waals surface area contributed by atoms with E-state index >= 15 is 0 Å². The largest absolute Gasteiger partial charge is 0.409 e. The Morgan fingerprint density at radius 1 is 1.53 bits per heavy atom. The quantitative estimate of drug-likeness (QED) is 0.313. The van der Waals surface area contributed by atoms with Crippen molar-refractivity contribution in [3.63, 3.8) is 0 Å². The smallest absolute Gasteiger partial charge is 0.153 e. The molecule has 4 nitrogen and oxygen atoms in total. The number of thioether (sulfide) groups is 1. The van der Waals surface area contributed by atoms with Crippen LogP contribution in [0.2, 0.25) is 0 Å². The molecule has 0 aromatic carbocycles. The molecule has 1 aliphatic rings. The Bertz CT molecular complexity index is 205. The first-order valence-electron chi connectivity index (χ1n) is 5.47. The Kier molecular flexibility index (Phi) is 5.86. The molecule has 3 N–H and O–H groups in total. The van der Waals surface area contributed by atoms with E-state index in [-0.39, 0.29) is 0 Å². The lowest BCUT2D eigenvalue weighted by Crippen LogP contribution is -2.41. The first-order chi connectivity index (χ1) is 7.27. The van der Waals surface area contributed by atoms with Crippen LogP contribution in [0.3, 0.4) is 0 Å². The molecule has 15 heavy (non-hydrogen) atoms. The molecule has 0 radical (unpaired) electrons. The van der Waals surface area contributed by atoms with E-state index in [4.69, 9.17) is 10.9 Å². The molecule has 1 aliphatic carbocycles. The van der Waals surface area contributed by atoms with Crippen molar-refractivity contribution in [1.29, 1.82) is 0 Å². The zero-order valence-corrected chi connectivity index (χ0v) is 10.2. The highest BCUT2D eigenvalue weighted by atomic mass is 32.2. The lowest BCUT2D eigenvalue weighted by Gasteiger charge is -2.27. The highest BCUT2D eigenvalue weighted by Crippen LogP contribution is 2.23. The van der Waals surface area contributed by atoms with E-state index in [9.17, 15) is 0 Å². The molecule has 5 heteroatoms. The Morgan fingerprint density at radius 3 is 2.73 bits per heavy atom. The van der Waals surface area contributed by atoms with Crippen molar-refractivity contribution in [2.75, 3.05) is 25.1 Å². The predicted octanol–water partition coefficient (Wildman–Crippen LogP) is 1.34. The van der Waals surface area contributed by atoms with Crippen LogP contribution in [-0.4, -0.2) is 47.1 Å². The first kappa shape index (κ1) is 12.6. The molecule has 0 amide bonds. The van der Waals surface area contributed by atoms with Crippen LogP contribution in [0.25, 0.3) is 0 Å². The average Bonchev–Trinajstić information content (AvgIpc) is 2.77. The third-order valence-electron chi connectivity index (χ3n) is 2.92. The van der Waals surface area contributed by atoms with Gasteiger partial charge in [0, 0.05) is 18.3 Å². The molecule has 0 aliphatic heterocycles. The lowest BCUT2D eigenvalue weighted by atomic mass is 10.2. The molecule has 0 spiro atoms. The Morgan fingerprint density at radius 2 is 2.20 bits per heavy atom.